The average molecular weight is 340 g/mol. The Kier molecular flexibility index (Phi) is 7.50. The maximum Gasteiger partial charge on any atom is 0.204 e. The minimum absolute atomic E-state index is 0.0435. The summed E-state index contributed by atoms with van der Waals surface area (Å²) in [5, 5.41) is 0. The van der Waals surface area contributed by atoms with Crippen LogP contribution >= 0.6 is 0 Å². The zero-order valence-corrected chi connectivity index (χ0v) is 14.4. The molecule has 0 atom stereocenters. The van der Waals surface area contributed by atoms with Gasteiger partial charge in [0.25, 0.3) is 0 Å². The summed E-state index contributed by atoms with van der Waals surface area (Å²) in [5.41, 5.74) is 0. The van der Waals surface area contributed by atoms with E-state index in [1.165, 1.54) is 12.1 Å². The first-order valence-electron chi connectivity index (χ1n) is 8.54. The molecule has 1 fully saturated rings. The molecule has 0 unspecified atom stereocenters. The van der Waals surface area contributed by atoms with Gasteiger partial charge in [0.2, 0.25) is 11.6 Å². The van der Waals surface area contributed by atoms with Gasteiger partial charge in [-0.3, -0.25) is 0 Å². The topological polar surface area (TPSA) is 27.7 Å². The zero-order valence-electron chi connectivity index (χ0n) is 14.4. The van der Waals surface area contributed by atoms with Crippen LogP contribution in [0.15, 0.2) is 24.3 Å². The zero-order chi connectivity index (χ0) is 17.4. The lowest BCUT2D eigenvalue weighted by Crippen LogP contribution is -2.19. The molecule has 0 aromatic heterocycles. The van der Waals surface area contributed by atoms with Crippen molar-refractivity contribution < 1.29 is 23.0 Å². The number of allylic oxidation sites excluding steroid dienone is 1. The standard InChI is InChI=1S/C19H26F2O3/c1-3-23-16-10-11-17(19(21)18(16)20)24-13-15-8-6-14(7-9-15)5-4-12-22-2/h4-5,10-11,14-15H,3,6-9,12-13H2,1-2H3/b5-4+. The Balaban J connectivity index is 1.81. The van der Waals surface area contributed by atoms with Crippen molar-refractivity contribution in [2.75, 3.05) is 26.9 Å². The van der Waals surface area contributed by atoms with E-state index in [9.17, 15) is 8.78 Å². The summed E-state index contributed by atoms with van der Waals surface area (Å²) in [6.07, 6.45) is 8.51. The van der Waals surface area contributed by atoms with Crippen molar-refractivity contribution >= 4 is 0 Å². The molecule has 1 aromatic rings. The van der Waals surface area contributed by atoms with E-state index in [0.717, 1.165) is 25.7 Å². The van der Waals surface area contributed by atoms with Gasteiger partial charge >= 0.3 is 0 Å². The van der Waals surface area contributed by atoms with E-state index in [1.807, 2.05) is 0 Å². The number of methoxy groups -OCH3 is 1. The first kappa shape index (κ1) is 18.7. The summed E-state index contributed by atoms with van der Waals surface area (Å²) < 4.78 is 43.3. The number of ether oxygens (including phenoxy) is 3. The Morgan fingerprint density at radius 2 is 1.67 bits per heavy atom. The first-order valence-corrected chi connectivity index (χ1v) is 8.54. The van der Waals surface area contributed by atoms with E-state index >= 15 is 0 Å². The van der Waals surface area contributed by atoms with E-state index in [1.54, 1.807) is 14.0 Å². The van der Waals surface area contributed by atoms with Crippen molar-refractivity contribution in [1.82, 2.24) is 0 Å². The van der Waals surface area contributed by atoms with Crippen molar-refractivity contribution in [3.8, 4) is 11.5 Å². The molecule has 0 radical (unpaired) electrons. The minimum atomic E-state index is -0.985. The molecule has 2 rings (SSSR count). The van der Waals surface area contributed by atoms with Gasteiger partial charge in [0.05, 0.1) is 19.8 Å². The molecule has 1 saturated carbocycles. The van der Waals surface area contributed by atoms with Gasteiger partial charge in [-0.1, -0.05) is 12.2 Å². The molecule has 5 heteroatoms. The smallest absolute Gasteiger partial charge is 0.204 e. The molecule has 0 bridgehead atoms. The van der Waals surface area contributed by atoms with Crippen LogP contribution in [0.2, 0.25) is 0 Å². The van der Waals surface area contributed by atoms with Gasteiger partial charge in [-0.05, 0) is 56.6 Å². The Labute approximate surface area is 142 Å². The largest absolute Gasteiger partial charge is 0.491 e. The average Bonchev–Trinajstić information content (AvgIpc) is 2.60. The molecule has 0 aliphatic heterocycles. The van der Waals surface area contributed by atoms with Crippen LogP contribution < -0.4 is 9.47 Å². The maximum atomic E-state index is 14.0. The summed E-state index contributed by atoms with van der Waals surface area (Å²) in [4.78, 5) is 0. The first-order chi connectivity index (χ1) is 11.7. The highest BCUT2D eigenvalue weighted by Crippen LogP contribution is 2.32. The van der Waals surface area contributed by atoms with Gasteiger partial charge in [-0.25, -0.2) is 0 Å². The predicted octanol–water partition coefficient (Wildman–Crippen LogP) is 4.75. The van der Waals surface area contributed by atoms with Crippen molar-refractivity contribution in [2.24, 2.45) is 11.8 Å². The van der Waals surface area contributed by atoms with Crippen molar-refractivity contribution in [3.63, 3.8) is 0 Å². The highest BCUT2D eigenvalue weighted by atomic mass is 19.2. The fourth-order valence-corrected chi connectivity index (χ4v) is 2.99. The lowest BCUT2D eigenvalue weighted by Gasteiger charge is -2.26. The van der Waals surface area contributed by atoms with E-state index in [2.05, 4.69) is 12.2 Å². The Bertz CT molecular complexity index is 538. The monoisotopic (exact) mass is 340 g/mol. The van der Waals surface area contributed by atoms with Crippen LogP contribution in [-0.4, -0.2) is 26.9 Å². The lowest BCUT2D eigenvalue weighted by atomic mass is 9.82. The molecule has 3 nitrogen and oxygen atoms in total. The quantitative estimate of drug-likeness (QED) is 0.639. The molecule has 0 saturated heterocycles. The van der Waals surface area contributed by atoms with Gasteiger partial charge in [-0.15, -0.1) is 0 Å². The molecule has 0 amide bonds. The third kappa shape index (κ3) is 5.20. The molecule has 1 aliphatic rings. The second-order valence-corrected chi connectivity index (χ2v) is 6.10. The fraction of sp³-hybridized carbons (Fsp3) is 0.579. The van der Waals surface area contributed by atoms with Crippen LogP contribution in [0.25, 0.3) is 0 Å². The second-order valence-electron chi connectivity index (χ2n) is 6.10. The van der Waals surface area contributed by atoms with Crippen molar-refractivity contribution in [2.45, 2.75) is 32.6 Å². The van der Waals surface area contributed by atoms with Crippen molar-refractivity contribution in [1.29, 1.82) is 0 Å². The normalized spacial score (nSPS) is 21.2. The fourth-order valence-electron chi connectivity index (χ4n) is 2.99. The molecular formula is C19H26F2O3. The molecule has 1 aromatic carbocycles. The van der Waals surface area contributed by atoms with E-state index < -0.39 is 11.6 Å². The highest BCUT2D eigenvalue weighted by molar-refractivity contribution is 5.35. The van der Waals surface area contributed by atoms with E-state index in [-0.39, 0.29) is 11.5 Å². The van der Waals surface area contributed by atoms with Gasteiger partial charge in [0, 0.05) is 7.11 Å². The van der Waals surface area contributed by atoms with Gasteiger partial charge in [-0.2, -0.15) is 8.78 Å². The lowest BCUT2D eigenvalue weighted by molar-refractivity contribution is 0.186. The summed E-state index contributed by atoms with van der Waals surface area (Å²) in [6, 6.07) is 2.84. The van der Waals surface area contributed by atoms with E-state index in [4.69, 9.17) is 14.2 Å². The number of hydrogen-bond donors (Lipinski definition) is 0. The summed E-state index contributed by atoms with van der Waals surface area (Å²) in [5.74, 6) is -1.12. The molecule has 0 N–H and O–H groups in total. The summed E-state index contributed by atoms with van der Waals surface area (Å²) >= 11 is 0. The molecule has 24 heavy (non-hydrogen) atoms. The number of halogens is 2. The number of rotatable bonds is 8. The van der Waals surface area contributed by atoms with E-state index in [0.29, 0.717) is 31.7 Å². The van der Waals surface area contributed by atoms with Crippen LogP contribution in [0.3, 0.4) is 0 Å². The molecule has 134 valence electrons. The number of benzene rings is 1. The SMILES string of the molecule is CCOc1ccc(OCC2CCC(/C=C/COC)CC2)c(F)c1F. The van der Waals surface area contributed by atoms with Gasteiger partial charge < -0.3 is 14.2 Å². The maximum absolute atomic E-state index is 14.0. The van der Waals surface area contributed by atoms with Crippen molar-refractivity contribution in [3.05, 3.63) is 35.9 Å². The van der Waals surface area contributed by atoms with Gasteiger partial charge in [0.1, 0.15) is 0 Å². The Hall–Kier alpha value is -1.62. The Morgan fingerprint density at radius 1 is 1.04 bits per heavy atom. The third-order valence-electron chi connectivity index (χ3n) is 4.35. The summed E-state index contributed by atoms with van der Waals surface area (Å²) in [7, 11) is 1.68. The second kappa shape index (κ2) is 9.62. The molecule has 0 heterocycles. The van der Waals surface area contributed by atoms with Crippen LogP contribution in [-0.2, 0) is 4.74 Å². The predicted molar refractivity (Wildman–Crippen MR) is 89.5 cm³/mol. The van der Waals surface area contributed by atoms with Gasteiger partial charge in [0.15, 0.2) is 11.5 Å². The third-order valence-corrected chi connectivity index (χ3v) is 4.35. The van der Waals surface area contributed by atoms with Crippen LogP contribution in [0.1, 0.15) is 32.6 Å². The molecule has 0 spiro atoms. The van der Waals surface area contributed by atoms with Crippen LogP contribution in [0.5, 0.6) is 11.5 Å². The highest BCUT2D eigenvalue weighted by Gasteiger charge is 2.21. The minimum Gasteiger partial charge on any atom is -0.491 e. The molecular weight excluding hydrogens is 314 g/mol. The van der Waals surface area contributed by atoms with Crippen LogP contribution in [0.4, 0.5) is 8.78 Å². The molecule has 1 aliphatic carbocycles. The number of hydrogen-bond acceptors (Lipinski definition) is 3. The summed E-state index contributed by atoms with van der Waals surface area (Å²) in [6.45, 7) is 3.08. The Morgan fingerprint density at radius 3 is 2.25 bits per heavy atom. The van der Waals surface area contributed by atoms with Crippen LogP contribution in [0, 0.1) is 23.5 Å².